The van der Waals surface area contributed by atoms with Crippen molar-refractivity contribution in [2.45, 2.75) is 18.4 Å². The van der Waals surface area contributed by atoms with Crippen LogP contribution >= 0.6 is 0 Å². The summed E-state index contributed by atoms with van der Waals surface area (Å²) in [6.07, 6.45) is -0.494. The summed E-state index contributed by atoms with van der Waals surface area (Å²) >= 11 is 0. The van der Waals surface area contributed by atoms with E-state index in [4.69, 9.17) is 48.2 Å². The first-order valence-electron chi connectivity index (χ1n) is 15.1. The maximum atomic E-state index is 12.0. The van der Waals surface area contributed by atoms with Crippen molar-refractivity contribution < 1.29 is 55.7 Å². The first-order chi connectivity index (χ1) is 22.4. The molecule has 0 radical (unpaired) electrons. The summed E-state index contributed by atoms with van der Waals surface area (Å²) in [5, 5.41) is 11.0. The van der Waals surface area contributed by atoms with E-state index in [1.165, 1.54) is 12.1 Å². The second kappa shape index (κ2) is 28.5. The van der Waals surface area contributed by atoms with E-state index in [1.54, 1.807) is 12.1 Å². The smallest absolute Gasteiger partial charge is 0.407 e. The highest BCUT2D eigenvalue weighted by Gasteiger charge is 2.14. The minimum absolute atomic E-state index is 0.0552. The van der Waals surface area contributed by atoms with Crippen LogP contribution in [0.5, 0.6) is 0 Å². The molecular formula is C31H50N2O12S. The summed E-state index contributed by atoms with van der Waals surface area (Å²) in [6, 6.07) is 15.9. The van der Waals surface area contributed by atoms with E-state index >= 15 is 0 Å². The number of amides is 1. The monoisotopic (exact) mass is 674 g/mol. The number of hydrogen-bond acceptors (Lipinski definition) is 13. The van der Waals surface area contributed by atoms with Gasteiger partial charge in [0.1, 0.15) is 6.61 Å². The molecule has 0 unspecified atom stereocenters. The average molecular weight is 675 g/mol. The third kappa shape index (κ3) is 23.6. The molecule has 0 aliphatic rings. The highest BCUT2D eigenvalue weighted by Crippen LogP contribution is 2.12. The predicted octanol–water partition coefficient (Wildman–Crippen LogP) is 1.66. The topological polar surface area (TPSA) is 183 Å². The number of carbonyl (C=O) groups is 1. The summed E-state index contributed by atoms with van der Waals surface area (Å²) in [5.74, 6) is 0. The maximum absolute atomic E-state index is 12.0. The quantitative estimate of drug-likeness (QED) is 0.0969. The van der Waals surface area contributed by atoms with Crippen molar-refractivity contribution in [3.8, 4) is 0 Å². The summed E-state index contributed by atoms with van der Waals surface area (Å²) in [5.41, 5.74) is 7.11. The number of ether oxygens (including phenoxy) is 7. The van der Waals surface area contributed by atoms with Crippen LogP contribution in [-0.2, 0) is 54.1 Å². The van der Waals surface area contributed by atoms with E-state index in [0.717, 1.165) is 11.1 Å². The number of nitrogens with one attached hydrogen (secondary N) is 1. The minimum atomic E-state index is -3.77. The Hall–Kier alpha value is -2.70. The van der Waals surface area contributed by atoms with Crippen LogP contribution in [0.4, 0.5) is 4.79 Å². The van der Waals surface area contributed by atoms with E-state index in [1.807, 2.05) is 37.3 Å². The van der Waals surface area contributed by atoms with E-state index in [2.05, 4.69) is 5.32 Å². The highest BCUT2D eigenvalue weighted by molar-refractivity contribution is 7.86. The van der Waals surface area contributed by atoms with Gasteiger partial charge in [0.05, 0.1) is 97.4 Å². The molecule has 2 aromatic carbocycles. The van der Waals surface area contributed by atoms with Crippen LogP contribution in [0.15, 0.2) is 59.5 Å². The Morgan fingerprint density at radius 2 is 1.20 bits per heavy atom. The fourth-order valence-electron chi connectivity index (χ4n) is 3.21. The van der Waals surface area contributed by atoms with Gasteiger partial charge in [-0.25, -0.2) is 4.79 Å². The fourth-order valence-corrected chi connectivity index (χ4v) is 4.10. The SMILES string of the molecule is Cc1ccc(S(=O)(=O)OCCOCCOCCOCCNC(=O)OCc2ccccc2)cc1.NCCOCCOCCOCCO. The van der Waals surface area contributed by atoms with Crippen molar-refractivity contribution in [2.24, 2.45) is 5.73 Å². The number of rotatable bonds is 26. The molecule has 2 aromatic rings. The van der Waals surface area contributed by atoms with Crippen molar-refractivity contribution >= 4 is 16.2 Å². The van der Waals surface area contributed by atoms with Crippen LogP contribution in [0.2, 0.25) is 0 Å². The number of aliphatic hydroxyl groups is 1. The Morgan fingerprint density at radius 3 is 1.74 bits per heavy atom. The van der Waals surface area contributed by atoms with E-state index in [-0.39, 0.29) is 31.3 Å². The predicted molar refractivity (Wildman–Crippen MR) is 170 cm³/mol. The fraction of sp³-hybridized carbons (Fsp3) is 0.581. The van der Waals surface area contributed by atoms with Crippen molar-refractivity contribution in [1.82, 2.24) is 5.32 Å². The molecule has 4 N–H and O–H groups in total. The number of benzene rings is 2. The largest absolute Gasteiger partial charge is 0.445 e. The molecule has 15 heteroatoms. The van der Waals surface area contributed by atoms with Crippen LogP contribution < -0.4 is 11.1 Å². The Balaban J connectivity index is 0.000000685. The number of carbonyl (C=O) groups excluding carboxylic acids is 1. The molecule has 14 nitrogen and oxygen atoms in total. The van der Waals surface area contributed by atoms with Crippen molar-refractivity contribution in [1.29, 1.82) is 0 Å². The molecule has 0 aromatic heterocycles. The third-order valence-electron chi connectivity index (χ3n) is 5.49. The normalized spacial score (nSPS) is 11.1. The molecule has 0 aliphatic heterocycles. The number of aliphatic hydroxyl groups excluding tert-OH is 1. The summed E-state index contributed by atoms with van der Waals surface area (Å²) in [4.78, 5) is 11.7. The lowest BCUT2D eigenvalue weighted by atomic mass is 10.2. The molecule has 0 heterocycles. The van der Waals surface area contributed by atoms with Gasteiger partial charge in [-0.2, -0.15) is 8.42 Å². The molecule has 46 heavy (non-hydrogen) atoms. The number of alkyl carbamates (subject to hydrolysis) is 1. The summed E-state index contributed by atoms with van der Waals surface area (Å²) in [7, 11) is -3.77. The summed E-state index contributed by atoms with van der Waals surface area (Å²) < 4.78 is 65.3. The summed E-state index contributed by atoms with van der Waals surface area (Å²) in [6.45, 7) is 7.95. The zero-order valence-electron chi connectivity index (χ0n) is 26.6. The van der Waals surface area contributed by atoms with Gasteiger partial charge in [-0.05, 0) is 24.6 Å². The molecule has 0 spiro atoms. The molecule has 0 saturated carbocycles. The van der Waals surface area contributed by atoms with Gasteiger partial charge in [0.25, 0.3) is 10.1 Å². The standard InChI is InChI=1S/C23H31NO8S.C8H19NO4/c1-20-7-9-22(10-8-20)33(26,27)32-18-17-30-16-15-29-14-13-28-12-11-24-23(25)31-19-21-5-3-2-4-6-21;9-1-3-11-5-7-13-8-6-12-4-2-10/h2-10H,11-19H2,1H3,(H,24,25);10H,1-9H2. The van der Waals surface area contributed by atoms with Gasteiger partial charge in [-0.15, -0.1) is 0 Å². The van der Waals surface area contributed by atoms with Crippen LogP contribution in [0.25, 0.3) is 0 Å². The highest BCUT2D eigenvalue weighted by atomic mass is 32.2. The van der Waals surface area contributed by atoms with Gasteiger partial charge in [-0.1, -0.05) is 48.0 Å². The van der Waals surface area contributed by atoms with Gasteiger partial charge in [-0.3, -0.25) is 4.18 Å². The molecule has 0 aliphatic carbocycles. The number of nitrogens with two attached hydrogens (primary N) is 1. The zero-order chi connectivity index (χ0) is 33.6. The van der Waals surface area contributed by atoms with Gasteiger partial charge in [0.15, 0.2) is 0 Å². The van der Waals surface area contributed by atoms with Crippen LogP contribution in [0, 0.1) is 6.92 Å². The lowest BCUT2D eigenvalue weighted by Gasteiger charge is -2.09. The second-order valence-corrected chi connectivity index (χ2v) is 10.9. The van der Waals surface area contributed by atoms with Gasteiger partial charge in [0.2, 0.25) is 0 Å². The van der Waals surface area contributed by atoms with Crippen molar-refractivity contribution in [2.75, 3.05) is 106 Å². The molecule has 262 valence electrons. The Morgan fingerprint density at radius 1 is 0.696 bits per heavy atom. The van der Waals surface area contributed by atoms with E-state index in [0.29, 0.717) is 85.8 Å². The minimum Gasteiger partial charge on any atom is -0.445 e. The van der Waals surface area contributed by atoms with Crippen LogP contribution in [-0.4, -0.2) is 125 Å². The maximum Gasteiger partial charge on any atom is 0.407 e. The van der Waals surface area contributed by atoms with Crippen molar-refractivity contribution in [3.63, 3.8) is 0 Å². The zero-order valence-corrected chi connectivity index (χ0v) is 27.5. The van der Waals surface area contributed by atoms with Crippen molar-refractivity contribution in [3.05, 3.63) is 65.7 Å². The van der Waals surface area contributed by atoms with Crippen LogP contribution in [0.3, 0.4) is 0 Å². The second-order valence-electron chi connectivity index (χ2n) is 9.26. The Bertz CT molecular complexity index is 1080. The molecule has 0 saturated heterocycles. The third-order valence-corrected chi connectivity index (χ3v) is 6.82. The molecule has 1 amide bonds. The van der Waals surface area contributed by atoms with Gasteiger partial charge in [0, 0.05) is 13.1 Å². The first kappa shape index (κ1) is 41.3. The lowest BCUT2D eigenvalue weighted by molar-refractivity contribution is 0.00888. The van der Waals surface area contributed by atoms with Gasteiger partial charge < -0.3 is 49.3 Å². The Labute approximate surface area is 272 Å². The number of hydrogen-bond donors (Lipinski definition) is 3. The van der Waals surface area contributed by atoms with E-state index < -0.39 is 16.2 Å². The molecular weight excluding hydrogens is 624 g/mol. The molecule has 0 fully saturated rings. The van der Waals surface area contributed by atoms with E-state index in [9.17, 15) is 13.2 Å². The molecule has 0 bridgehead atoms. The van der Waals surface area contributed by atoms with Crippen LogP contribution in [0.1, 0.15) is 11.1 Å². The molecule has 0 atom stereocenters. The van der Waals surface area contributed by atoms with Gasteiger partial charge >= 0.3 is 6.09 Å². The molecule has 2 rings (SSSR count). The average Bonchev–Trinajstić information content (AvgIpc) is 3.06. The number of aryl methyl sites for hydroxylation is 1. The first-order valence-corrected chi connectivity index (χ1v) is 16.5. The lowest BCUT2D eigenvalue weighted by Crippen LogP contribution is -2.28. The Kier molecular flexibility index (Phi) is 25.6.